The molecule has 0 aliphatic rings. The fourth-order valence-electron chi connectivity index (χ4n) is 1.68. The summed E-state index contributed by atoms with van der Waals surface area (Å²) in [7, 11) is 0. The number of para-hydroxylation sites is 1. The van der Waals surface area contributed by atoms with Gasteiger partial charge in [-0.3, -0.25) is 10.1 Å². The van der Waals surface area contributed by atoms with E-state index in [0.29, 0.717) is 16.1 Å². The highest BCUT2D eigenvalue weighted by atomic mass is 32.1. The lowest BCUT2D eigenvalue weighted by Gasteiger charge is -1.95. The molecule has 0 saturated carbocycles. The number of rotatable bonds is 4. The fourth-order valence-corrected chi connectivity index (χ4v) is 2.45. The molecule has 2 aromatic rings. The van der Waals surface area contributed by atoms with Crippen LogP contribution in [0.3, 0.4) is 0 Å². The molecule has 1 aromatic heterocycles. The number of nitrogens with zero attached hydrogens (tertiary/aromatic N) is 3. The second-order valence-electron chi connectivity index (χ2n) is 4.16. The van der Waals surface area contributed by atoms with E-state index in [9.17, 15) is 10.1 Å². The molecule has 0 bridgehead atoms. The molecular formula is C15H11N3O2S. The first-order chi connectivity index (χ1) is 10.1. The number of allylic oxidation sites excluding steroid dienone is 3. The van der Waals surface area contributed by atoms with Crippen LogP contribution in [0.25, 0.3) is 11.6 Å². The highest BCUT2D eigenvalue weighted by Crippen LogP contribution is 2.21. The highest BCUT2D eigenvalue weighted by Gasteiger charge is 2.09. The Morgan fingerprint density at radius 1 is 1.48 bits per heavy atom. The summed E-state index contributed by atoms with van der Waals surface area (Å²) >= 11 is 1.39. The van der Waals surface area contributed by atoms with Crippen molar-refractivity contribution >= 4 is 28.7 Å². The summed E-state index contributed by atoms with van der Waals surface area (Å²) in [5.41, 5.74) is 1.82. The molecule has 0 radical (unpaired) electrons. The Labute approximate surface area is 125 Å². The van der Waals surface area contributed by atoms with Gasteiger partial charge in [0.15, 0.2) is 0 Å². The molecule has 1 heterocycles. The molecule has 5 nitrogen and oxygen atoms in total. The number of nitriles is 1. The van der Waals surface area contributed by atoms with Crippen molar-refractivity contribution in [1.82, 2.24) is 4.98 Å². The lowest BCUT2D eigenvalue weighted by atomic mass is 10.1. The Bertz CT molecular complexity index is 769. The molecule has 104 valence electrons. The van der Waals surface area contributed by atoms with Crippen molar-refractivity contribution in [1.29, 1.82) is 5.26 Å². The monoisotopic (exact) mass is 297 g/mol. The van der Waals surface area contributed by atoms with Gasteiger partial charge in [-0.05, 0) is 25.1 Å². The van der Waals surface area contributed by atoms with Gasteiger partial charge in [0, 0.05) is 17.1 Å². The Morgan fingerprint density at radius 2 is 2.24 bits per heavy atom. The number of hydrogen-bond donors (Lipinski definition) is 0. The predicted octanol–water partition coefficient (Wildman–Crippen LogP) is 3.98. The van der Waals surface area contributed by atoms with Crippen LogP contribution in [0.15, 0.2) is 41.8 Å². The second-order valence-corrected chi connectivity index (χ2v) is 5.02. The standard InChI is InChI=1S/C15H11N3O2S/c1-11-10-21-15(17-11)13(9-16)7-4-6-12-5-2-3-8-14(12)18(19)20/h2-8,10H,1H3/b6-4+,13-7+. The first-order valence-electron chi connectivity index (χ1n) is 6.06. The molecule has 0 spiro atoms. The normalized spacial score (nSPS) is 11.5. The Hall–Kier alpha value is -2.78. The minimum atomic E-state index is -0.432. The summed E-state index contributed by atoms with van der Waals surface area (Å²) in [6, 6.07) is 8.52. The third kappa shape index (κ3) is 3.61. The minimum Gasteiger partial charge on any atom is -0.258 e. The molecule has 0 N–H and O–H groups in total. The van der Waals surface area contributed by atoms with Gasteiger partial charge >= 0.3 is 0 Å². The van der Waals surface area contributed by atoms with Gasteiger partial charge in [0.2, 0.25) is 0 Å². The molecular weight excluding hydrogens is 286 g/mol. The van der Waals surface area contributed by atoms with Gasteiger partial charge in [0.25, 0.3) is 5.69 Å². The molecule has 0 aliphatic heterocycles. The maximum absolute atomic E-state index is 10.9. The van der Waals surface area contributed by atoms with E-state index in [0.717, 1.165) is 5.69 Å². The van der Waals surface area contributed by atoms with E-state index < -0.39 is 4.92 Å². The first kappa shape index (κ1) is 14.6. The van der Waals surface area contributed by atoms with Gasteiger partial charge < -0.3 is 0 Å². The van der Waals surface area contributed by atoms with Crippen LogP contribution in [0.1, 0.15) is 16.3 Å². The van der Waals surface area contributed by atoms with Gasteiger partial charge in [-0.25, -0.2) is 4.98 Å². The lowest BCUT2D eigenvalue weighted by molar-refractivity contribution is -0.385. The van der Waals surface area contributed by atoms with E-state index in [1.807, 2.05) is 12.3 Å². The molecule has 0 amide bonds. The highest BCUT2D eigenvalue weighted by molar-refractivity contribution is 7.10. The Balaban J connectivity index is 2.27. The third-order valence-corrected chi connectivity index (χ3v) is 3.64. The molecule has 0 saturated heterocycles. The molecule has 0 atom stereocenters. The predicted molar refractivity (Wildman–Crippen MR) is 82.6 cm³/mol. The van der Waals surface area contributed by atoms with Crippen molar-refractivity contribution in [2.24, 2.45) is 0 Å². The largest absolute Gasteiger partial charge is 0.276 e. The van der Waals surface area contributed by atoms with Gasteiger partial charge in [0.1, 0.15) is 11.1 Å². The first-order valence-corrected chi connectivity index (χ1v) is 6.94. The van der Waals surface area contributed by atoms with Crippen LogP contribution in [0.4, 0.5) is 5.69 Å². The summed E-state index contributed by atoms with van der Waals surface area (Å²) in [6.45, 7) is 1.86. The average Bonchev–Trinajstić information content (AvgIpc) is 2.90. The molecule has 6 heteroatoms. The van der Waals surface area contributed by atoms with Gasteiger partial charge in [-0.2, -0.15) is 5.26 Å². The SMILES string of the molecule is Cc1csc(/C(C#N)=C/C=C/c2ccccc2[N+](=O)[O-])n1. The summed E-state index contributed by atoms with van der Waals surface area (Å²) in [5, 5.41) is 22.5. The Kier molecular flexibility index (Phi) is 4.59. The molecule has 1 aromatic carbocycles. The summed E-state index contributed by atoms with van der Waals surface area (Å²) in [4.78, 5) is 14.7. The van der Waals surface area contributed by atoms with E-state index in [2.05, 4.69) is 11.1 Å². The zero-order chi connectivity index (χ0) is 15.2. The van der Waals surface area contributed by atoms with E-state index in [-0.39, 0.29) is 5.69 Å². The molecule has 0 fully saturated rings. The fraction of sp³-hybridized carbons (Fsp3) is 0.0667. The van der Waals surface area contributed by atoms with Crippen molar-refractivity contribution in [2.45, 2.75) is 6.92 Å². The van der Waals surface area contributed by atoms with Crippen molar-refractivity contribution in [3.05, 3.63) is 68.2 Å². The van der Waals surface area contributed by atoms with Crippen molar-refractivity contribution in [3.63, 3.8) is 0 Å². The van der Waals surface area contributed by atoms with Crippen LogP contribution < -0.4 is 0 Å². The number of benzene rings is 1. The van der Waals surface area contributed by atoms with E-state index in [1.165, 1.54) is 17.4 Å². The zero-order valence-corrected chi connectivity index (χ0v) is 12.0. The van der Waals surface area contributed by atoms with E-state index in [1.54, 1.807) is 36.4 Å². The smallest absolute Gasteiger partial charge is 0.258 e. The number of nitro benzene ring substituents is 1. The maximum Gasteiger partial charge on any atom is 0.276 e. The third-order valence-electron chi connectivity index (χ3n) is 2.64. The summed E-state index contributed by atoms with van der Waals surface area (Å²) < 4.78 is 0. The van der Waals surface area contributed by atoms with E-state index in [4.69, 9.17) is 5.26 Å². The van der Waals surface area contributed by atoms with Crippen LogP contribution in [0.2, 0.25) is 0 Å². The second kappa shape index (κ2) is 6.59. The van der Waals surface area contributed by atoms with Crippen LogP contribution in [0, 0.1) is 28.4 Å². The summed E-state index contributed by atoms with van der Waals surface area (Å²) in [5.74, 6) is 0. The van der Waals surface area contributed by atoms with Crippen molar-refractivity contribution < 1.29 is 4.92 Å². The van der Waals surface area contributed by atoms with Crippen LogP contribution >= 0.6 is 11.3 Å². The number of thiazole rings is 1. The summed E-state index contributed by atoms with van der Waals surface area (Å²) in [6.07, 6.45) is 4.84. The minimum absolute atomic E-state index is 0.0331. The molecule has 21 heavy (non-hydrogen) atoms. The Morgan fingerprint density at radius 3 is 2.86 bits per heavy atom. The van der Waals surface area contributed by atoms with Crippen LogP contribution in [-0.4, -0.2) is 9.91 Å². The van der Waals surface area contributed by atoms with Crippen LogP contribution in [-0.2, 0) is 0 Å². The van der Waals surface area contributed by atoms with Gasteiger partial charge in [-0.15, -0.1) is 11.3 Å². The van der Waals surface area contributed by atoms with Crippen LogP contribution in [0.5, 0.6) is 0 Å². The number of aryl methyl sites for hydroxylation is 1. The zero-order valence-electron chi connectivity index (χ0n) is 11.2. The molecule has 0 unspecified atom stereocenters. The van der Waals surface area contributed by atoms with Gasteiger partial charge in [-0.1, -0.05) is 18.2 Å². The van der Waals surface area contributed by atoms with Crippen molar-refractivity contribution in [2.75, 3.05) is 0 Å². The topological polar surface area (TPSA) is 79.8 Å². The van der Waals surface area contributed by atoms with Crippen molar-refractivity contribution in [3.8, 4) is 6.07 Å². The van der Waals surface area contributed by atoms with E-state index >= 15 is 0 Å². The molecule has 0 aliphatic carbocycles. The quantitative estimate of drug-likeness (QED) is 0.370. The number of aromatic nitrogens is 1. The van der Waals surface area contributed by atoms with Gasteiger partial charge in [0.05, 0.1) is 16.1 Å². The average molecular weight is 297 g/mol. The lowest BCUT2D eigenvalue weighted by Crippen LogP contribution is -1.90. The number of nitro groups is 1. The molecule has 2 rings (SSSR count). The maximum atomic E-state index is 10.9. The number of hydrogen-bond acceptors (Lipinski definition) is 5.